The second-order valence-corrected chi connectivity index (χ2v) is 4.51. The maximum atomic E-state index is 11.9. The monoisotopic (exact) mass is 243 g/mol. The maximum absolute atomic E-state index is 11.9. The first-order valence-electron chi connectivity index (χ1n) is 5.05. The number of hydrogen-bond donors (Lipinski definition) is 1. The number of rotatable bonds is 5. The van der Waals surface area contributed by atoms with Crippen LogP contribution in [0.2, 0.25) is 0 Å². The SMILES string of the molecule is CSCc1ccc(C(=O)N(C)C(C)CO)o1. The Kier molecular flexibility index (Phi) is 4.89. The number of aliphatic hydroxyl groups is 1. The van der Waals surface area contributed by atoms with Gasteiger partial charge in [0.25, 0.3) is 5.91 Å². The number of furan rings is 1. The molecule has 0 bridgehead atoms. The molecule has 0 aromatic carbocycles. The van der Waals surface area contributed by atoms with Gasteiger partial charge in [0.1, 0.15) is 5.76 Å². The van der Waals surface area contributed by atoms with Crippen molar-refractivity contribution < 1.29 is 14.3 Å². The summed E-state index contributed by atoms with van der Waals surface area (Å²) < 4.78 is 5.41. The third kappa shape index (κ3) is 3.02. The van der Waals surface area contributed by atoms with Crippen molar-refractivity contribution in [3.8, 4) is 0 Å². The predicted octanol–water partition coefficient (Wildman–Crippen LogP) is 1.60. The molecule has 1 atom stereocenters. The van der Waals surface area contributed by atoms with Crippen LogP contribution in [-0.2, 0) is 5.75 Å². The fraction of sp³-hybridized carbons (Fsp3) is 0.545. The normalized spacial score (nSPS) is 12.5. The van der Waals surface area contributed by atoms with Gasteiger partial charge >= 0.3 is 0 Å². The van der Waals surface area contributed by atoms with Crippen molar-refractivity contribution in [1.29, 1.82) is 0 Å². The van der Waals surface area contributed by atoms with Gasteiger partial charge in [0.15, 0.2) is 5.76 Å². The van der Waals surface area contributed by atoms with E-state index in [0.29, 0.717) is 5.76 Å². The van der Waals surface area contributed by atoms with Gasteiger partial charge in [-0.05, 0) is 25.3 Å². The smallest absolute Gasteiger partial charge is 0.289 e. The van der Waals surface area contributed by atoms with E-state index in [0.717, 1.165) is 11.5 Å². The number of hydrogen-bond acceptors (Lipinski definition) is 4. The predicted molar refractivity (Wildman–Crippen MR) is 64.6 cm³/mol. The largest absolute Gasteiger partial charge is 0.455 e. The van der Waals surface area contributed by atoms with Gasteiger partial charge in [-0.3, -0.25) is 4.79 Å². The lowest BCUT2D eigenvalue weighted by Gasteiger charge is -2.21. The molecule has 1 aromatic heterocycles. The van der Waals surface area contributed by atoms with E-state index in [1.165, 1.54) is 4.90 Å². The Bertz CT molecular complexity index is 351. The zero-order valence-corrected chi connectivity index (χ0v) is 10.6. The van der Waals surface area contributed by atoms with Crippen molar-refractivity contribution in [2.75, 3.05) is 19.9 Å². The molecule has 1 unspecified atom stereocenters. The fourth-order valence-corrected chi connectivity index (χ4v) is 1.65. The average Bonchev–Trinajstić information content (AvgIpc) is 2.75. The highest BCUT2D eigenvalue weighted by Crippen LogP contribution is 2.15. The van der Waals surface area contributed by atoms with Crippen LogP contribution in [0.5, 0.6) is 0 Å². The number of nitrogens with zero attached hydrogens (tertiary/aromatic N) is 1. The number of thioether (sulfide) groups is 1. The molecule has 0 aliphatic carbocycles. The van der Waals surface area contributed by atoms with E-state index in [9.17, 15) is 4.79 Å². The van der Waals surface area contributed by atoms with Gasteiger partial charge < -0.3 is 14.4 Å². The van der Waals surface area contributed by atoms with Crippen LogP contribution in [0.3, 0.4) is 0 Å². The topological polar surface area (TPSA) is 53.7 Å². The van der Waals surface area contributed by atoms with Gasteiger partial charge in [0, 0.05) is 7.05 Å². The van der Waals surface area contributed by atoms with Crippen LogP contribution in [0, 0.1) is 0 Å². The molecular formula is C11H17NO3S. The standard InChI is InChI=1S/C11H17NO3S/c1-8(6-13)12(2)11(14)10-5-4-9(15-10)7-16-3/h4-5,8,13H,6-7H2,1-3H3. The molecule has 5 heteroatoms. The molecule has 1 rings (SSSR count). The van der Waals surface area contributed by atoms with E-state index in [1.54, 1.807) is 37.9 Å². The quantitative estimate of drug-likeness (QED) is 0.853. The summed E-state index contributed by atoms with van der Waals surface area (Å²) in [5.74, 6) is 1.67. The first-order valence-corrected chi connectivity index (χ1v) is 6.45. The lowest BCUT2D eigenvalue weighted by molar-refractivity contribution is 0.0649. The number of amides is 1. The summed E-state index contributed by atoms with van der Waals surface area (Å²) >= 11 is 1.64. The highest BCUT2D eigenvalue weighted by atomic mass is 32.2. The van der Waals surface area contributed by atoms with Gasteiger partial charge in [-0.2, -0.15) is 11.8 Å². The van der Waals surface area contributed by atoms with E-state index >= 15 is 0 Å². The maximum Gasteiger partial charge on any atom is 0.289 e. The average molecular weight is 243 g/mol. The van der Waals surface area contributed by atoms with Gasteiger partial charge in [0.05, 0.1) is 18.4 Å². The second kappa shape index (κ2) is 5.96. The summed E-state index contributed by atoms with van der Waals surface area (Å²) in [6.45, 7) is 1.73. The number of carbonyl (C=O) groups is 1. The van der Waals surface area contributed by atoms with E-state index in [1.807, 2.05) is 6.26 Å². The van der Waals surface area contributed by atoms with Crippen molar-refractivity contribution in [3.05, 3.63) is 23.7 Å². The first kappa shape index (κ1) is 13.1. The summed E-state index contributed by atoms with van der Waals surface area (Å²) in [5, 5.41) is 8.96. The molecule has 0 fully saturated rings. The Labute approximate surface area is 99.6 Å². The third-order valence-corrected chi connectivity index (χ3v) is 2.98. The van der Waals surface area contributed by atoms with Crippen molar-refractivity contribution in [1.82, 2.24) is 4.90 Å². The number of carbonyl (C=O) groups excluding carboxylic acids is 1. The molecule has 0 saturated heterocycles. The Balaban J connectivity index is 2.72. The Hall–Kier alpha value is -0.940. The highest BCUT2D eigenvalue weighted by Gasteiger charge is 2.19. The van der Waals surface area contributed by atoms with Crippen molar-refractivity contribution in [3.63, 3.8) is 0 Å². The number of likely N-dealkylation sites (N-methyl/N-ethyl adjacent to an activating group) is 1. The van der Waals surface area contributed by atoms with Crippen LogP contribution in [0.15, 0.2) is 16.5 Å². The van der Waals surface area contributed by atoms with Crippen LogP contribution in [0.4, 0.5) is 0 Å². The van der Waals surface area contributed by atoms with Crippen LogP contribution >= 0.6 is 11.8 Å². The zero-order chi connectivity index (χ0) is 12.1. The van der Waals surface area contributed by atoms with Crippen LogP contribution in [0.1, 0.15) is 23.2 Å². The zero-order valence-electron chi connectivity index (χ0n) is 9.77. The molecule has 0 spiro atoms. The molecule has 0 saturated carbocycles. The summed E-state index contributed by atoms with van der Waals surface area (Å²) in [5.41, 5.74) is 0. The molecule has 1 N–H and O–H groups in total. The van der Waals surface area contributed by atoms with E-state index in [-0.39, 0.29) is 18.6 Å². The minimum atomic E-state index is -0.207. The minimum Gasteiger partial charge on any atom is -0.455 e. The Morgan fingerprint density at radius 3 is 2.88 bits per heavy atom. The molecule has 90 valence electrons. The van der Waals surface area contributed by atoms with E-state index < -0.39 is 0 Å². The Morgan fingerprint density at radius 1 is 1.62 bits per heavy atom. The molecule has 1 amide bonds. The summed E-state index contributed by atoms with van der Waals surface area (Å²) in [4.78, 5) is 13.4. The molecular weight excluding hydrogens is 226 g/mol. The van der Waals surface area contributed by atoms with Crippen molar-refractivity contribution in [2.45, 2.75) is 18.7 Å². The van der Waals surface area contributed by atoms with Gasteiger partial charge in [-0.25, -0.2) is 0 Å². The summed E-state index contributed by atoms with van der Waals surface area (Å²) in [6, 6.07) is 3.27. The van der Waals surface area contributed by atoms with Gasteiger partial charge in [-0.15, -0.1) is 0 Å². The van der Waals surface area contributed by atoms with Crippen molar-refractivity contribution >= 4 is 17.7 Å². The Morgan fingerprint density at radius 2 is 2.31 bits per heavy atom. The van der Waals surface area contributed by atoms with Gasteiger partial charge in [-0.1, -0.05) is 0 Å². The van der Waals surface area contributed by atoms with Gasteiger partial charge in [0.2, 0.25) is 0 Å². The van der Waals surface area contributed by atoms with Crippen molar-refractivity contribution in [2.24, 2.45) is 0 Å². The van der Waals surface area contributed by atoms with E-state index in [2.05, 4.69) is 0 Å². The lowest BCUT2D eigenvalue weighted by Crippen LogP contribution is -2.37. The molecule has 1 aromatic rings. The van der Waals surface area contributed by atoms with Crippen LogP contribution in [0.25, 0.3) is 0 Å². The third-order valence-electron chi connectivity index (χ3n) is 2.40. The highest BCUT2D eigenvalue weighted by molar-refractivity contribution is 7.97. The molecule has 4 nitrogen and oxygen atoms in total. The second-order valence-electron chi connectivity index (χ2n) is 3.65. The first-order chi connectivity index (χ1) is 7.60. The fourth-order valence-electron chi connectivity index (χ4n) is 1.21. The summed E-state index contributed by atoms with van der Waals surface area (Å²) in [7, 11) is 1.65. The molecule has 16 heavy (non-hydrogen) atoms. The lowest BCUT2D eigenvalue weighted by atomic mass is 10.3. The molecule has 0 aliphatic rings. The molecule has 0 radical (unpaired) electrons. The molecule has 1 heterocycles. The number of aliphatic hydroxyl groups excluding tert-OH is 1. The minimum absolute atomic E-state index is 0.0549. The molecule has 0 aliphatic heterocycles. The van der Waals surface area contributed by atoms with E-state index in [4.69, 9.17) is 9.52 Å². The van der Waals surface area contributed by atoms with Crippen LogP contribution in [-0.4, -0.2) is 41.9 Å². The van der Waals surface area contributed by atoms with Crippen LogP contribution < -0.4 is 0 Å². The summed E-state index contributed by atoms with van der Waals surface area (Å²) in [6.07, 6.45) is 1.98.